The van der Waals surface area contributed by atoms with E-state index in [0.29, 0.717) is 0 Å². The molecule has 0 spiro atoms. The summed E-state index contributed by atoms with van der Waals surface area (Å²) in [6, 6.07) is 21.3. The number of hydrogen-bond acceptors (Lipinski definition) is 2. The van der Waals surface area contributed by atoms with Gasteiger partial charge in [-0.3, -0.25) is 0 Å². The third-order valence-electron chi connectivity index (χ3n) is 5.89. The maximum absolute atomic E-state index is 6.28. The van der Waals surface area contributed by atoms with E-state index in [1.807, 2.05) is 0 Å². The molecule has 0 aromatic heterocycles. The Hall–Kier alpha value is -1.30. The number of allylic oxidation sites excluding steroid dienone is 2. The van der Waals surface area contributed by atoms with Gasteiger partial charge in [0.05, 0.1) is 0 Å². The molecule has 1 fully saturated rings. The predicted molar refractivity (Wildman–Crippen MR) is 128 cm³/mol. The van der Waals surface area contributed by atoms with E-state index >= 15 is 0 Å². The van der Waals surface area contributed by atoms with Crippen molar-refractivity contribution in [3.63, 3.8) is 0 Å². The molecule has 2 aromatic rings. The van der Waals surface area contributed by atoms with Gasteiger partial charge in [-0.2, -0.15) is 0 Å². The zero-order valence-electron chi connectivity index (χ0n) is 18.8. The molecule has 0 N–H and O–H groups in total. The van der Waals surface area contributed by atoms with Gasteiger partial charge in [-0.1, -0.05) is 0 Å². The number of benzene rings is 2. The van der Waals surface area contributed by atoms with Gasteiger partial charge < -0.3 is 0 Å². The Morgan fingerprint density at radius 3 is 1.66 bits per heavy atom. The minimum atomic E-state index is -2.41. The third kappa shape index (κ3) is 5.25. The Labute approximate surface area is 181 Å². The molecular formula is C25H33BO2Sn. The van der Waals surface area contributed by atoms with Crippen LogP contribution in [-0.2, 0) is 9.31 Å². The van der Waals surface area contributed by atoms with E-state index in [-0.39, 0.29) is 18.3 Å². The molecule has 1 aliphatic rings. The molecule has 1 aliphatic heterocycles. The second-order valence-corrected chi connectivity index (χ2v) is 24.2. The topological polar surface area (TPSA) is 18.5 Å². The van der Waals surface area contributed by atoms with E-state index < -0.39 is 18.4 Å². The first-order valence-corrected chi connectivity index (χ1v) is 20.4. The van der Waals surface area contributed by atoms with Crippen molar-refractivity contribution in [1.82, 2.24) is 0 Å². The van der Waals surface area contributed by atoms with Crippen LogP contribution in [0.25, 0.3) is 9.16 Å². The molecule has 2 aromatic carbocycles. The molecular weight excluding hydrogens is 462 g/mol. The Morgan fingerprint density at radius 2 is 1.21 bits per heavy atom. The summed E-state index contributed by atoms with van der Waals surface area (Å²) in [5, 5.41) is 0. The van der Waals surface area contributed by atoms with E-state index in [9.17, 15) is 0 Å². The van der Waals surface area contributed by atoms with Gasteiger partial charge in [0.25, 0.3) is 0 Å². The van der Waals surface area contributed by atoms with Crippen LogP contribution in [0.15, 0.2) is 72.7 Å². The average Bonchev–Trinajstić information content (AvgIpc) is 2.85. The first kappa shape index (κ1) is 22.4. The van der Waals surface area contributed by atoms with Crippen LogP contribution in [0.5, 0.6) is 0 Å². The molecule has 3 rings (SSSR count). The van der Waals surface area contributed by atoms with Crippen molar-refractivity contribution in [2.75, 3.05) is 0 Å². The second kappa shape index (κ2) is 8.45. The van der Waals surface area contributed by atoms with Gasteiger partial charge in [-0.05, 0) is 0 Å². The van der Waals surface area contributed by atoms with Gasteiger partial charge >= 0.3 is 182 Å². The summed E-state index contributed by atoms with van der Waals surface area (Å²) in [6.07, 6.45) is 2.38. The quantitative estimate of drug-likeness (QED) is 0.341. The fourth-order valence-electron chi connectivity index (χ4n) is 3.47. The molecule has 0 atom stereocenters. The van der Waals surface area contributed by atoms with Crippen molar-refractivity contribution in [2.45, 2.75) is 53.7 Å². The Morgan fingerprint density at radius 1 is 0.759 bits per heavy atom. The van der Waals surface area contributed by atoms with Crippen LogP contribution >= 0.6 is 0 Å². The van der Waals surface area contributed by atoms with Crippen molar-refractivity contribution in [1.29, 1.82) is 0 Å². The van der Waals surface area contributed by atoms with Gasteiger partial charge in [-0.25, -0.2) is 0 Å². The van der Waals surface area contributed by atoms with E-state index in [1.165, 1.54) is 14.7 Å². The van der Waals surface area contributed by atoms with Crippen molar-refractivity contribution >= 4 is 34.7 Å². The molecule has 0 aliphatic carbocycles. The summed E-state index contributed by atoms with van der Waals surface area (Å²) >= 11 is -2.41. The molecule has 4 heteroatoms. The Balaban J connectivity index is 2.10. The zero-order valence-corrected chi connectivity index (χ0v) is 21.7. The van der Waals surface area contributed by atoms with Crippen LogP contribution in [0.3, 0.4) is 0 Å². The summed E-state index contributed by atoms with van der Waals surface area (Å²) in [5.74, 6) is 2.15. The van der Waals surface area contributed by atoms with E-state index in [0.717, 1.165) is 5.57 Å². The van der Waals surface area contributed by atoms with Crippen LogP contribution in [0.2, 0.25) is 14.8 Å². The van der Waals surface area contributed by atoms with Crippen LogP contribution in [0, 0.1) is 0 Å². The fraction of sp³-hybridized carbons (Fsp3) is 0.360. The minimum absolute atomic E-state index is 0.342. The monoisotopic (exact) mass is 496 g/mol. The molecule has 1 heterocycles. The standard InChI is InChI=1S/C22H24BO2.3CH3.Sn/c1-21(2)22(3,4)25-23(24-21)17-20(19-13-9-6-10-14-19)16-15-18-11-7-5-8-12-18;;;;/h5-14,16-17H,1-4H3;3*1H3;. The average molecular weight is 495 g/mol. The van der Waals surface area contributed by atoms with Gasteiger partial charge in [0.1, 0.15) is 0 Å². The predicted octanol–water partition coefficient (Wildman–Crippen LogP) is 6.66. The Kier molecular flexibility index (Phi) is 6.52. The maximum atomic E-state index is 6.28. The second-order valence-electron chi connectivity index (χ2n) is 9.79. The van der Waals surface area contributed by atoms with Crippen molar-refractivity contribution in [2.24, 2.45) is 0 Å². The molecule has 152 valence electrons. The Bertz CT molecular complexity index is 877. The van der Waals surface area contributed by atoms with E-state index in [4.69, 9.17) is 9.31 Å². The third-order valence-corrected chi connectivity index (χ3v) is 11.7. The fourth-order valence-corrected chi connectivity index (χ4v) is 8.09. The first-order chi connectivity index (χ1) is 13.5. The van der Waals surface area contributed by atoms with Crippen molar-refractivity contribution in [3.05, 3.63) is 83.8 Å². The van der Waals surface area contributed by atoms with Crippen LogP contribution in [0.4, 0.5) is 0 Å². The summed E-state index contributed by atoms with van der Waals surface area (Å²) < 4.78 is 14.0. The SMILES string of the molecule is CC1(C)OB(C=C(C=[C](c2ccccc2)[Sn]([CH3])([CH3])[CH3])c2ccccc2)OC1(C)C. The van der Waals surface area contributed by atoms with Gasteiger partial charge in [0.2, 0.25) is 0 Å². The number of hydrogen-bond donors (Lipinski definition) is 0. The summed E-state index contributed by atoms with van der Waals surface area (Å²) in [4.78, 5) is 7.39. The normalized spacial score (nSPS) is 19.5. The van der Waals surface area contributed by atoms with Crippen molar-refractivity contribution in [3.8, 4) is 0 Å². The summed E-state index contributed by atoms with van der Waals surface area (Å²) in [6.45, 7) is 8.39. The molecule has 0 amide bonds. The zero-order chi connectivity index (χ0) is 21.3. The van der Waals surface area contributed by atoms with E-state index in [1.54, 1.807) is 0 Å². The molecule has 0 saturated carbocycles. The van der Waals surface area contributed by atoms with E-state index in [2.05, 4.69) is 115 Å². The van der Waals surface area contributed by atoms with Gasteiger partial charge in [0, 0.05) is 0 Å². The van der Waals surface area contributed by atoms with Crippen molar-refractivity contribution < 1.29 is 9.31 Å². The molecule has 0 unspecified atom stereocenters. The molecule has 2 nitrogen and oxygen atoms in total. The van der Waals surface area contributed by atoms with Gasteiger partial charge in [0.15, 0.2) is 0 Å². The number of rotatable bonds is 5. The first-order valence-electron chi connectivity index (χ1n) is 10.4. The van der Waals surface area contributed by atoms with Crippen LogP contribution in [-0.4, -0.2) is 36.7 Å². The van der Waals surface area contributed by atoms with Crippen LogP contribution < -0.4 is 0 Å². The molecule has 0 bridgehead atoms. The molecule has 0 radical (unpaired) electrons. The summed E-state index contributed by atoms with van der Waals surface area (Å²) in [5.41, 5.74) is 2.99. The van der Waals surface area contributed by atoms with Gasteiger partial charge in [-0.15, -0.1) is 0 Å². The molecule has 1 saturated heterocycles. The summed E-state index contributed by atoms with van der Waals surface area (Å²) in [7, 11) is -0.362. The molecule has 29 heavy (non-hydrogen) atoms. The van der Waals surface area contributed by atoms with Crippen LogP contribution in [0.1, 0.15) is 38.8 Å².